The van der Waals surface area contributed by atoms with Crippen LogP contribution in [0.25, 0.3) is 0 Å². The first-order valence-electron chi connectivity index (χ1n) is 5.28. The average Bonchev–Trinajstić information content (AvgIpc) is 2.29. The van der Waals surface area contributed by atoms with Crippen LogP contribution in [0.15, 0.2) is 28.7 Å². The van der Waals surface area contributed by atoms with Gasteiger partial charge in [0.15, 0.2) is 0 Å². The summed E-state index contributed by atoms with van der Waals surface area (Å²) in [5.41, 5.74) is 1.33. The van der Waals surface area contributed by atoms with Crippen LogP contribution in [-0.2, 0) is 11.3 Å². The highest BCUT2D eigenvalue weighted by Crippen LogP contribution is 2.12. The lowest BCUT2D eigenvalue weighted by atomic mass is 10.2. The molecule has 1 rings (SSSR count). The van der Waals surface area contributed by atoms with Crippen LogP contribution < -0.4 is 0 Å². The molecule has 0 amide bonds. The van der Waals surface area contributed by atoms with E-state index in [2.05, 4.69) is 61.0 Å². The molecule has 0 bridgehead atoms. The predicted molar refractivity (Wildman–Crippen MR) is 75.1 cm³/mol. The standard InChI is InChI=1S/C12H17Br2NO/c1-16-9-8-15(7-6-13)10-11-2-4-12(14)5-3-11/h2-5H,6-10H2,1H3. The summed E-state index contributed by atoms with van der Waals surface area (Å²) < 4.78 is 6.24. The predicted octanol–water partition coefficient (Wildman–Crippen LogP) is 3.29. The van der Waals surface area contributed by atoms with Crippen molar-refractivity contribution in [1.82, 2.24) is 4.90 Å². The maximum atomic E-state index is 5.11. The zero-order valence-electron chi connectivity index (χ0n) is 9.46. The number of hydrogen-bond donors (Lipinski definition) is 0. The summed E-state index contributed by atoms with van der Waals surface area (Å²) in [6.07, 6.45) is 0. The summed E-state index contributed by atoms with van der Waals surface area (Å²) in [7, 11) is 1.74. The molecule has 1 aromatic carbocycles. The van der Waals surface area contributed by atoms with Gasteiger partial charge in [-0.2, -0.15) is 0 Å². The van der Waals surface area contributed by atoms with E-state index in [9.17, 15) is 0 Å². The van der Waals surface area contributed by atoms with Crippen LogP contribution in [0.1, 0.15) is 5.56 Å². The second kappa shape index (κ2) is 8.23. The molecule has 0 unspecified atom stereocenters. The SMILES string of the molecule is COCCN(CCBr)Cc1ccc(Br)cc1. The molecule has 0 heterocycles. The summed E-state index contributed by atoms with van der Waals surface area (Å²) in [5, 5.41) is 0.993. The van der Waals surface area contributed by atoms with Gasteiger partial charge in [0, 0.05) is 36.5 Å². The molecule has 0 atom stereocenters. The minimum atomic E-state index is 0.781. The van der Waals surface area contributed by atoms with E-state index in [1.807, 2.05) is 0 Å². The monoisotopic (exact) mass is 349 g/mol. The van der Waals surface area contributed by atoms with Crippen LogP contribution in [0.2, 0.25) is 0 Å². The first-order chi connectivity index (χ1) is 7.76. The summed E-state index contributed by atoms with van der Waals surface area (Å²) >= 11 is 6.92. The topological polar surface area (TPSA) is 12.5 Å². The molecule has 2 nitrogen and oxygen atoms in total. The van der Waals surface area contributed by atoms with Crippen molar-refractivity contribution in [3.05, 3.63) is 34.3 Å². The van der Waals surface area contributed by atoms with Crippen LogP contribution in [0, 0.1) is 0 Å². The summed E-state index contributed by atoms with van der Waals surface area (Å²) in [5.74, 6) is 0. The van der Waals surface area contributed by atoms with Crippen LogP contribution in [0.3, 0.4) is 0 Å². The van der Waals surface area contributed by atoms with Crippen molar-refractivity contribution in [2.75, 3.05) is 32.1 Å². The minimum absolute atomic E-state index is 0.781. The van der Waals surface area contributed by atoms with E-state index in [4.69, 9.17) is 4.74 Å². The lowest BCUT2D eigenvalue weighted by Crippen LogP contribution is -2.28. The van der Waals surface area contributed by atoms with Crippen LogP contribution in [-0.4, -0.2) is 37.0 Å². The van der Waals surface area contributed by atoms with Gasteiger partial charge >= 0.3 is 0 Å². The first kappa shape index (κ1) is 14.2. The van der Waals surface area contributed by atoms with Gasteiger partial charge in [0.1, 0.15) is 0 Å². The first-order valence-corrected chi connectivity index (χ1v) is 7.19. The zero-order chi connectivity index (χ0) is 11.8. The van der Waals surface area contributed by atoms with E-state index < -0.39 is 0 Å². The van der Waals surface area contributed by atoms with Gasteiger partial charge < -0.3 is 4.74 Å². The lowest BCUT2D eigenvalue weighted by molar-refractivity contribution is 0.148. The number of ether oxygens (including phenoxy) is 1. The van der Waals surface area contributed by atoms with Gasteiger partial charge in [-0.15, -0.1) is 0 Å². The van der Waals surface area contributed by atoms with Gasteiger partial charge in [-0.05, 0) is 17.7 Å². The van der Waals surface area contributed by atoms with Gasteiger partial charge in [0.05, 0.1) is 6.61 Å². The summed E-state index contributed by atoms with van der Waals surface area (Å²) in [6, 6.07) is 8.46. The smallest absolute Gasteiger partial charge is 0.0589 e. The highest BCUT2D eigenvalue weighted by atomic mass is 79.9. The molecule has 0 aliphatic heterocycles. The van der Waals surface area contributed by atoms with Crippen molar-refractivity contribution in [3.63, 3.8) is 0 Å². The van der Waals surface area contributed by atoms with Crippen molar-refractivity contribution >= 4 is 31.9 Å². The number of benzene rings is 1. The molecule has 1 aromatic rings. The Morgan fingerprint density at radius 2 is 1.88 bits per heavy atom. The van der Waals surface area contributed by atoms with Crippen LogP contribution in [0.4, 0.5) is 0 Å². The number of halogens is 2. The molecule has 0 aromatic heterocycles. The zero-order valence-corrected chi connectivity index (χ0v) is 12.6. The number of hydrogen-bond acceptors (Lipinski definition) is 2. The number of nitrogens with zero attached hydrogens (tertiary/aromatic N) is 1. The second-order valence-electron chi connectivity index (χ2n) is 3.58. The fourth-order valence-electron chi connectivity index (χ4n) is 1.46. The molecule has 16 heavy (non-hydrogen) atoms. The fourth-order valence-corrected chi connectivity index (χ4v) is 2.22. The van der Waals surface area contributed by atoms with Crippen LogP contribution >= 0.6 is 31.9 Å². The maximum absolute atomic E-state index is 5.11. The third kappa shape index (κ3) is 5.43. The fraction of sp³-hybridized carbons (Fsp3) is 0.500. The van der Waals surface area contributed by atoms with Crippen LogP contribution in [0.5, 0.6) is 0 Å². The van der Waals surface area contributed by atoms with Gasteiger partial charge in [-0.3, -0.25) is 4.90 Å². The Kier molecular flexibility index (Phi) is 7.28. The summed E-state index contributed by atoms with van der Waals surface area (Å²) in [4.78, 5) is 2.38. The van der Waals surface area contributed by atoms with E-state index >= 15 is 0 Å². The van der Waals surface area contributed by atoms with E-state index in [1.54, 1.807) is 7.11 Å². The van der Waals surface area contributed by atoms with E-state index in [0.717, 1.165) is 36.0 Å². The Morgan fingerprint density at radius 3 is 2.44 bits per heavy atom. The normalized spacial score (nSPS) is 11.0. The van der Waals surface area contributed by atoms with Gasteiger partial charge in [0.25, 0.3) is 0 Å². The number of rotatable bonds is 7. The van der Waals surface area contributed by atoms with Crippen molar-refractivity contribution < 1.29 is 4.74 Å². The van der Waals surface area contributed by atoms with Crippen molar-refractivity contribution in [1.29, 1.82) is 0 Å². The highest BCUT2D eigenvalue weighted by molar-refractivity contribution is 9.10. The molecule has 0 N–H and O–H groups in total. The molecular formula is C12H17Br2NO. The second-order valence-corrected chi connectivity index (χ2v) is 5.29. The van der Waals surface area contributed by atoms with Crippen molar-refractivity contribution in [2.24, 2.45) is 0 Å². The third-order valence-corrected chi connectivity index (χ3v) is 3.22. The highest BCUT2D eigenvalue weighted by Gasteiger charge is 2.04. The minimum Gasteiger partial charge on any atom is -0.383 e. The Balaban J connectivity index is 2.49. The lowest BCUT2D eigenvalue weighted by Gasteiger charge is -2.20. The molecule has 90 valence electrons. The van der Waals surface area contributed by atoms with Gasteiger partial charge in [-0.25, -0.2) is 0 Å². The molecule has 0 spiro atoms. The number of methoxy groups -OCH3 is 1. The molecule has 0 fully saturated rings. The molecule has 4 heteroatoms. The Labute approximate surface area is 114 Å². The molecule has 0 saturated heterocycles. The summed E-state index contributed by atoms with van der Waals surface area (Å²) in [6.45, 7) is 3.77. The largest absolute Gasteiger partial charge is 0.383 e. The third-order valence-electron chi connectivity index (χ3n) is 2.33. The number of alkyl halides is 1. The van der Waals surface area contributed by atoms with Gasteiger partial charge in [-0.1, -0.05) is 44.0 Å². The molecule has 0 aliphatic carbocycles. The van der Waals surface area contributed by atoms with E-state index in [-0.39, 0.29) is 0 Å². The Bertz CT molecular complexity index is 290. The average molecular weight is 351 g/mol. The molecule has 0 aliphatic rings. The molecular weight excluding hydrogens is 334 g/mol. The molecule has 0 saturated carbocycles. The van der Waals surface area contributed by atoms with Gasteiger partial charge in [0.2, 0.25) is 0 Å². The quantitative estimate of drug-likeness (QED) is 0.699. The van der Waals surface area contributed by atoms with Crippen molar-refractivity contribution in [2.45, 2.75) is 6.54 Å². The van der Waals surface area contributed by atoms with Crippen molar-refractivity contribution in [3.8, 4) is 0 Å². The van der Waals surface area contributed by atoms with E-state index in [0.29, 0.717) is 0 Å². The Hall–Kier alpha value is 0.1000. The van der Waals surface area contributed by atoms with E-state index in [1.165, 1.54) is 5.56 Å². The Morgan fingerprint density at radius 1 is 1.19 bits per heavy atom. The molecule has 0 radical (unpaired) electrons. The maximum Gasteiger partial charge on any atom is 0.0589 e.